The van der Waals surface area contributed by atoms with Crippen LogP contribution in [0.4, 0.5) is 0 Å². The maximum atomic E-state index is 10.9. The van der Waals surface area contributed by atoms with Crippen LogP contribution in [0.1, 0.15) is 37.8 Å². The number of rotatable bonds is 4. The van der Waals surface area contributed by atoms with E-state index in [0.29, 0.717) is 25.2 Å². The maximum Gasteiger partial charge on any atom is 0.0951 e. The molecule has 1 aromatic carbocycles. The van der Waals surface area contributed by atoms with Gasteiger partial charge in [0.05, 0.1) is 28.2 Å². The average molecular weight is 364 g/mol. The molecule has 128 valence electrons. The van der Waals surface area contributed by atoms with E-state index in [1.807, 2.05) is 31.2 Å². The van der Waals surface area contributed by atoms with Gasteiger partial charge < -0.3 is 15.1 Å². The van der Waals surface area contributed by atoms with Gasteiger partial charge in [-0.1, -0.05) is 29.1 Å². The van der Waals surface area contributed by atoms with E-state index in [9.17, 15) is 5.11 Å². The van der Waals surface area contributed by atoms with Gasteiger partial charge in [-0.2, -0.15) is 0 Å². The molecule has 1 aliphatic rings. The summed E-state index contributed by atoms with van der Waals surface area (Å²) in [6.45, 7) is 4.37. The minimum absolute atomic E-state index is 0.0868. The Balaban J connectivity index is 1.72. The van der Waals surface area contributed by atoms with Gasteiger partial charge in [0.15, 0.2) is 0 Å². The Kier molecular flexibility index (Phi) is 5.30. The van der Waals surface area contributed by atoms with Crippen molar-refractivity contribution in [2.24, 2.45) is 5.16 Å². The van der Waals surface area contributed by atoms with Crippen molar-refractivity contribution in [2.45, 2.75) is 47.5 Å². The van der Waals surface area contributed by atoms with E-state index in [4.69, 9.17) is 9.94 Å². The highest BCUT2D eigenvalue weighted by atomic mass is 32.2. The van der Waals surface area contributed by atoms with E-state index in [0.717, 1.165) is 20.2 Å². The van der Waals surface area contributed by atoms with E-state index in [-0.39, 0.29) is 6.10 Å². The van der Waals surface area contributed by atoms with Gasteiger partial charge in [-0.05, 0) is 48.6 Å². The molecule has 1 saturated heterocycles. The van der Waals surface area contributed by atoms with Crippen LogP contribution in [0.5, 0.6) is 0 Å². The SMILES string of the molecule is C/C(=N\O)c1ccc(Sc2cc([C@@]3(O)CCO[C@@H](C)C3)cs2)cc1. The van der Waals surface area contributed by atoms with Crippen molar-refractivity contribution < 1.29 is 15.1 Å². The molecule has 2 aromatic rings. The molecule has 0 spiro atoms. The Morgan fingerprint density at radius 1 is 1.38 bits per heavy atom. The van der Waals surface area contributed by atoms with Crippen LogP contribution in [-0.4, -0.2) is 28.7 Å². The molecule has 0 aliphatic carbocycles. The van der Waals surface area contributed by atoms with Crippen molar-refractivity contribution in [3.05, 3.63) is 46.8 Å². The number of thiophene rings is 1. The topological polar surface area (TPSA) is 62.1 Å². The van der Waals surface area contributed by atoms with Crippen LogP contribution in [0.2, 0.25) is 0 Å². The molecule has 3 rings (SSSR count). The third-order valence-corrected chi connectivity index (χ3v) is 6.38. The minimum Gasteiger partial charge on any atom is -0.411 e. The molecule has 4 nitrogen and oxygen atoms in total. The van der Waals surface area contributed by atoms with Gasteiger partial charge in [0.2, 0.25) is 0 Å². The number of oxime groups is 1. The summed E-state index contributed by atoms with van der Waals surface area (Å²) in [5.41, 5.74) is 1.72. The van der Waals surface area contributed by atoms with Crippen molar-refractivity contribution in [1.29, 1.82) is 0 Å². The summed E-state index contributed by atoms with van der Waals surface area (Å²) in [7, 11) is 0. The maximum absolute atomic E-state index is 10.9. The number of nitrogens with zero attached hydrogens (tertiary/aromatic N) is 1. The molecule has 6 heteroatoms. The van der Waals surface area contributed by atoms with Gasteiger partial charge in [0.1, 0.15) is 0 Å². The van der Waals surface area contributed by atoms with E-state index in [1.165, 1.54) is 0 Å². The summed E-state index contributed by atoms with van der Waals surface area (Å²) in [6, 6.07) is 10.00. The molecule has 1 aromatic heterocycles. The van der Waals surface area contributed by atoms with Crippen LogP contribution in [-0.2, 0) is 10.3 Å². The molecule has 1 fully saturated rings. The second kappa shape index (κ2) is 7.27. The van der Waals surface area contributed by atoms with Crippen LogP contribution in [0.15, 0.2) is 50.0 Å². The van der Waals surface area contributed by atoms with Gasteiger partial charge in [-0.25, -0.2) is 0 Å². The zero-order valence-electron chi connectivity index (χ0n) is 13.7. The predicted molar refractivity (Wildman–Crippen MR) is 97.4 cm³/mol. The van der Waals surface area contributed by atoms with Gasteiger partial charge in [-0.15, -0.1) is 11.3 Å². The first kappa shape index (κ1) is 17.5. The third kappa shape index (κ3) is 3.83. The molecule has 1 aliphatic heterocycles. The standard InChI is InChI=1S/C18H21NO3S2/c1-12-10-18(20,7-8-22-12)15-9-17(23-11-15)24-16-5-3-14(4-6-16)13(2)19-21/h3-6,9,11-12,20-21H,7-8,10H2,1-2H3/b19-13+/t12-,18+/m0/s1. The molecule has 0 saturated carbocycles. The Labute approximate surface area is 150 Å². The van der Waals surface area contributed by atoms with Crippen LogP contribution in [0.25, 0.3) is 0 Å². The molecule has 2 atom stereocenters. The smallest absolute Gasteiger partial charge is 0.0951 e. The van der Waals surface area contributed by atoms with Crippen LogP contribution < -0.4 is 0 Å². The van der Waals surface area contributed by atoms with Crippen molar-refractivity contribution in [1.82, 2.24) is 0 Å². The summed E-state index contributed by atoms with van der Waals surface area (Å²) >= 11 is 3.32. The predicted octanol–water partition coefficient (Wildman–Crippen LogP) is 4.48. The summed E-state index contributed by atoms with van der Waals surface area (Å²) < 4.78 is 6.70. The Morgan fingerprint density at radius 3 is 2.79 bits per heavy atom. The fourth-order valence-corrected chi connectivity index (χ4v) is 4.92. The molecule has 0 unspecified atom stereocenters. The second-order valence-corrected chi connectivity index (χ2v) is 8.42. The summed E-state index contributed by atoms with van der Waals surface area (Å²) in [6.07, 6.45) is 1.37. The Morgan fingerprint density at radius 2 is 2.12 bits per heavy atom. The molecule has 0 radical (unpaired) electrons. The largest absolute Gasteiger partial charge is 0.411 e. The van der Waals surface area contributed by atoms with Crippen molar-refractivity contribution in [3.63, 3.8) is 0 Å². The number of aliphatic hydroxyl groups is 1. The molecule has 2 N–H and O–H groups in total. The van der Waals surface area contributed by atoms with Crippen molar-refractivity contribution in [3.8, 4) is 0 Å². The number of hydrogen-bond acceptors (Lipinski definition) is 6. The monoisotopic (exact) mass is 363 g/mol. The zero-order valence-corrected chi connectivity index (χ0v) is 15.4. The third-order valence-electron chi connectivity index (χ3n) is 4.30. The van der Waals surface area contributed by atoms with Crippen LogP contribution >= 0.6 is 23.1 Å². The Hall–Kier alpha value is -1.34. The quantitative estimate of drug-likeness (QED) is 0.477. The average Bonchev–Trinajstić information content (AvgIpc) is 3.04. The lowest BCUT2D eigenvalue weighted by Gasteiger charge is -2.35. The van der Waals surface area contributed by atoms with Crippen molar-refractivity contribution in [2.75, 3.05) is 6.61 Å². The summed E-state index contributed by atoms with van der Waals surface area (Å²) in [4.78, 5) is 1.12. The molecule has 2 heterocycles. The first-order valence-electron chi connectivity index (χ1n) is 7.90. The molecule has 0 amide bonds. The highest BCUT2D eigenvalue weighted by molar-refractivity contribution is 8.01. The lowest BCUT2D eigenvalue weighted by Crippen LogP contribution is -2.37. The number of ether oxygens (including phenoxy) is 1. The highest BCUT2D eigenvalue weighted by Gasteiger charge is 2.35. The van der Waals surface area contributed by atoms with Gasteiger partial charge in [-0.3, -0.25) is 0 Å². The van der Waals surface area contributed by atoms with Gasteiger partial charge in [0, 0.05) is 17.7 Å². The normalized spacial score (nSPS) is 25.0. The molecular formula is C18H21NO3S2. The molecular weight excluding hydrogens is 342 g/mol. The van der Waals surface area contributed by atoms with E-state index in [2.05, 4.69) is 16.6 Å². The molecule has 0 bridgehead atoms. The van der Waals surface area contributed by atoms with E-state index < -0.39 is 5.60 Å². The van der Waals surface area contributed by atoms with Gasteiger partial charge in [0.25, 0.3) is 0 Å². The lowest BCUT2D eigenvalue weighted by molar-refractivity contribution is -0.101. The second-order valence-electron chi connectivity index (χ2n) is 6.13. The highest BCUT2D eigenvalue weighted by Crippen LogP contribution is 2.40. The fraction of sp³-hybridized carbons (Fsp3) is 0.389. The van der Waals surface area contributed by atoms with E-state index in [1.54, 1.807) is 30.0 Å². The Bertz CT molecular complexity index is 726. The minimum atomic E-state index is -0.772. The lowest BCUT2D eigenvalue weighted by atomic mass is 9.86. The number of hydrogen-bond donors (Lipinski definition) is 2. The van der Waals surface area contributed by atoms with E-state index >= 15 is 0 Å². The van der Waals surface area contributed by atoms with Crippen molar-refractivity contribution >= 4 is 28.8 Å². The first-order valence-corrected chi connectivity index (χ1v) is 9.60. The zero-order chi connectivity index (χ0) is 17.2. The van der Waals surface area contributed by atoms with Crippen LogP contribution in [0, 0.1) is 0 Å². The fourth-order valence-electron chi connectivity index (χ4n) is 2.88. The van der Waals surface area contributed by atoms with Gasteiger partial charge >= 0.3 is 0 Å². The summed E-state index contributed by atoms with van der Waals surface area (Å²) in [5.74, 6) is 0. The molecule has 24 heavy (non-hydrogen) atoms. The first-order chi connectivity index (χ1) is 11.5. The van der Waals surface area contributed by atoms with Crippen LogP contribution in [0.3, 0.4) is 0 Å². The number of benzene rings is 1. The summed E-state index contributed by atoms with van der Waals surface area (Å²) in [5, 5.41) is 25.0.